The van der Waals surface area contributed by atoms with Gasteiger partial charge >= 0.3 is 0 Å². The summed E-state index contributed by atoms with van der Waals surface area (Å²) in [4.78, 5) is 5.04. The van der Waals surface area contributed by atoms with Gasteiger partial charge in [-0.25, -0.2) is 4.39 Å². The van der Waals surface area contributed by atoms with Crippen LogP contribution in [0.2, 0.25) is 0 Å². The van der Waals surface area contributed by atoms with Crippen molar-refractivity contribution in [2.45, 2.75) is 30.4 Å². The number of aliphatic hydroxyl groups excluding tert-OH is 1. The molecule has 0 aliphatic heterocycles. The largest absolute Gasteiger partial charge is 0.490 e. The lowest BCUT2D eigenvalue weighted by Crippen LogP contribution is -2.22. The summed E-state index contributed by atoms with van der Waals surface area (Å²) in [5, 5.41) is 20.5. The van der Waals surface area contributed by atoms with Crippen molar-refractivity contribution in [1.82, 2.24) is 15.2 Å². The Bertz CT molecular complexity index is 1440. The van der Waals surface area contributed by atoms with Crippen LogP contribution in [0.5, 0.6) is 5.75 Å². The Morgan fingerprint density at radius 2 is 1.65 bits per heavy atom. The Morgan fingerprint density at radius 3 is 2.35 bits per heavy atom. The number of H-pyrrole nitrogens is 1. The van der Waals surface area contributed by atoms with Crippen LogP contribution in [0.3, 0.4) is 0 Å². The van der Waals surface area contributed by atoms with Crippen molar-refractivity contribution in [3.8, 4) is 5.75 Å². The molecule has 216 valence electrons. The van der Waals surface area contributed by atoms with Gasteiger partial charge in [-0.2, -0.15) is 5.10 Å². The molecule has 0 saturated carbocycles. The predicted octanol–water partition coefficient (Wildman–Crippen LogP) is 4.32. The minimum Gasteiger partial charge on any atom is -0.490 e. The average molecular weight is 575 g/mol. The average Bonchev–Trinajstić information content (AvgIpc) is 3.32. The first-order valence-electron chi connectivity index (χ1n) is 13.0. The second kappa shape index (κ2) is 14.0. The van der Waals surface area contributed by atoms with Crippen molar-refractivity contribution in [3.63, 3.8) is 0 Å². The lowest BCUT2D eigenvalue weighted by molar-refractivity contribution is 0.00350. The van der Waals surface area contributed by atoms with Gasteiger partial charge in [0, 0.05) is 27.8 Å². The summed E-state index contributed by atoms with van der Waals surface area (Å²) in [6.45, 7) is 8.22. The minimum atomic E-state index is -1.40. The van der Waals surface area contributed by atoms with Crippen LogP contribution in [0.4, 0.5) is 15.9 Å². The number of aromatic nitrogens is 3. The van der Waals surface area contributed by atoms with E-state index in [4.69, 9.17) is 24.1 Å². The third-order valence-corrected chi connectivity index (χ3v) is 7.64. The molecular formula is C28H35FN4O6S. The quantitative estimate of drug-likeness (QED) is 0.178. The summed E-state index contributed by atoms with van der Waals surface area (Å²) in [5.41, 5.74) is 2.03. The van der Waals surface area contributed by atoms with E-state index in [1.165, 1.54) is 12.1 Å². The van der Waals surface area contributed by atoms with Crippen LogP contribution in [0, 0.1) is 5.82 Å². The summed E-state index contributed by atoms with van der Waals surface area (Å²) in [6, 6.07) is 9.81. The van der Waals surface area contributed by atoms with Crippen molar-refractivity contribution < 1.29 is 32.7 Å². The van der Waals surface area contributed by atoms with Gasteiger partial charge in [0.15, 0.2) is 5.82 Å². The number of hydrogen-bond donors (Lipinski definition) is 3. The van der Waals surface area contributed by atoms with E-state index in [2.05, 4.69) is 20.5 Å². The number of rotatable bonds is 15. The number of halogens is 1. The van der Waals surface area contributed by atoms with E-state index in [-0.39, 0.29) is 19.0 Å². The van der Waals surface area contributed by atoms with Crippen molar-refractivity contribution in [2.24, 2.45) is 0 Å². The maximum atomic E-state index is 13.9. The van der Waals surface area contributed by atoms with E-state index in [1.807, 2.05) is 26.8 Å². The van der Waals surface area contributed by atoms with E-state index in [1.54, 1.807) is 24.4 Å². The van der Waals surface area contributed by atoms with Crippen LogP contribution in [-0.4, -0.2) is 82.1 Å². The number of nitrogens with one attached hydrogen (secondary N) is 2. The van der Waals surface area contributed by atoms with Crippen LogP contribution in [0.25, 0.3) is 21.8 Å². The molecule has 0 radical (unpaired) electrons. The molecular weight excluding hydrogens is 539 g/mol. The zero-order valence-electron chi connectivity index (χ0n) is 22.9. The van der Waals surface area contributed by atoms with Crippen molar-refractivity contribution in [3.05, 3.63) is 48.4 Å². The van der Waals surface area contributed by atoms with Crippen molar-refractivity contribution in [1.29, 1.82) is 0 Å². The van der Waals surface area contributed by atoms with Gasteiger partial charge < -0.3 is 29.4 Å². The van der Waals surface area contributed by atoms with Crippen molar-refractivity contribution >= 4 is 44.1 Å². The van der Waals surface area contributed by atoms with Gasteiger partial charge in [0.05, 0.1) is 78.7 Å². The summed E-state index contributed by atoms with van der Waals surface area (Å²) in [5.74, 6) is 0.583. The Kier molecular flexibility index (Phi) is 10.4. The molecule has 0 aliphatic carbocycles. The zero-order chi connectivity index (χ0) is 28.5. The van der Waals surface area contributed by atoms with Crippen LogP contribution in [-0.2, 0) is 25.0 Å². The molecule has 1 unspecified atom stereocenters. The lowest BCUT2D eigenvalue weighted by atomic mass is 10.1. The highest BCUT2D eigenvalue weighted by molar-refractivity contribution is 7.86. The maximum Gasteiger partial charge on any atom is 0.160 e. The Labute approximate surface area is 234 Å². The molecule has 2 aromatic heterocycles. The first-order valence-corrected chi connectivity index (χ1v) is 14.1. The molecule has 4 aromatic rings. The van der Waals surface area contributed by atoms with Gasteiger partial charge in [0.1, 0.15) is 18.2 Å². The molecule has 2 heterocycles. The molecule has 40 heavy (non-hydrogen) atoms. The number of ether oxygens (including phenoxy) is 4. The monoisotopic (exact) mass is 574 g/mol. The Hall–Kier alpha value is -3.16. The van der Waals surface area contributed by atoms with Gasteiger partial charge in [-0.3, -0.25) is 14.3 Å². The van der Waals surface area contributed by atoms with Crippen LogP contribution in [0.15, 0.2) is 47.5 Å². The summed E-state index contributed by atoms with van der Waals surface area (Å²) < 4.78 is 49.0. The maximum absolute atomic E-state index is 13.9. The molecule has 0 spiro atoms. The summed E-state index contributed by atoms with van der Waals surface area (Å²) >= 11 is 0. The number of benzene rings is 2. The van der Waals surface area contributed by atoms with Gasteiger partial charge in [-0.15, -0.1) is 0 Å². The van der Waals surface area contributed by atoms with Crippen LogP contribution < -0.4 is 10.1 Å². The van der Waals surface area contributed by atoms with E-state index in [0.29, 0.717) is 78.2 Å². The van der Waals surface area contributed by atoms with Gasteiger partial charge in [-0.05, 0) is 51.1 Å². The van der Waals surface area contributed by atoms with E-state index >= 15 is 0 Å². The topological polar surface area (TPSA) is 128 Å². The lowest BCUT2D eigenvalue weighted by Gasteiger charge is -2.21. The van der Waals surface area contributed by atoms with Crippen LogP contribution >= 0.6 is 0 Å². The molecule has 0 aliphatic rings. The molecule has 4 rings (SSSR count). The highest BCUT2D eigenvalue weighted by atomic mass is 32.2. The SMILES string of the molecule is CC(C)(C)S(=O)c1cc2c(Nc3n[nH]c4ccc(F)cc34)ccnc2cc1OCCOCCOCCOCCO. The molecule has 10 nitrogen and oxygen atoms in total. The van der Waals surface area contributed by atoms with Crippen LogP contribution in [0.1, 0.15) is 20.8 Å². The van der Waals surface area contributed by atoms with Gasteiger partial charge in [-0.1, -0.05) is 0 Å². The Morgan fingerprint density at radius 1 is 0.950 bits per heavy atom. The molecule has 0 saturated heterocycles. The normalized spacial score (nSPS) is 12.7. The molecule has 2 aromatic carbocycles. The Balaban J connectivity index is 1.47. The number of nitrogens with zero attached hydrogens (tertiary/aromatic N) is 2. The predicted molar refractivity (Wildman–Crippen MR) is 152 cm³/mol. The number of aromatic amines is 1. The highest BCUT2D eigenvalue weighted by Crippen LogP contribution is 2.36. The van der Waals surface area contributed by atoms with E-state index in [9.17, 15) is 8.60 Å². The van der Waals surface area contributed by atoms with Crippen molar-refractivity contribution in [2.75, 3.05) is 58.2 Å². The number of pyridine rings is 1. The fraction of sp³-hybridized carbons (Fsp3) is 0.429. The first-order chi connectivity index (χ1) is 19.3. The third kappa shape index (κ3) is 7.73. The molecule has 0 bridgehead atoms. The first kappa shape index (κ1) is 29.8. The minimum absolute atomic E-state index is 0.00964. The summed E-state index contributed by atoms with van der Waals surface area (Å²) in [6.07, 6.45) is 1.65. The zero-order valence-corrected chi connectivity index (χ0v) is 23.7. The number of anilines is 2. The van der Waals surface area contributed by atoms with Gasteiger partial charge in [0.25, 0.3) is 0 Å². The molecule has 12 heteroatoms. The molecule has 0 fully saturated rings. The summed E-state index contributed by atoms with van der Waals surface area (Å²) in [7, 11) is -1.40. The fourth-order valence-electron chi connectivity index (χ4n) is 3.88. The molecule has 0 amide bonds. The van der Waals surface area contributed by atoms with Gasteiger partial charge in [0.2, 0.25) is 0 Å². The number of aliphatic hydroxyl groups is 1. The van der Waals surface area contributed by atoms with E-state index < -0.39 is 15.5 Å². The third-order valence-electron chi connectivity index (χ3n) is 5.81. The second-order valence-corrected chi connectivity index (χ2v) is 12.1. The highest BCUT2D eigenvalue weighted by Gasteiger charge is 2.26. The second-order valence-electron chi connectivity index (χ2n) is 9.85. The van der Waals surface area contributed by atoms with E-state index in [0.717, 1.165) is 5.39 Å². The fourth-order valence-corrected chi connectivity index (χ4v) is 5.06. The number of hydrogen-bond acceptors (Lipinski definition) is 9. The molecule has 3 N–H and O–H groups in total. The molecule has 1 atom stereocenters. The smallest absolute Gasteiger partial charge is 0.160 e. The standard InChI is InChI=1S/C28H35FN4O6S/c1-28(2,3)40(35)26-17-20-22(31-27-21-16-19(29)4-5-23(21)32-33-27)6-7-30-24(20)18-25(26)39-15-14-38-13-12-37-11-10-36-9-8-34/h4-7,16-18,34H,8-15H2,1-3H3,(H2,30,31,32,33). The number of fused-ring (bicyclic) bond motifs is 2.